The van der Waals surface area contributed by atoms with Crippen molar-refractivity contribution in [2.75, 3.05) is 0 Å². The Kier molecular flexibility index (Phi) is 4.58. The maximum atomic E-state index is 8.96. The van der Waals surface area contributed by atoms with Gasteiger partial charge in [0.15, 0.2) is 0 Å². The van der Waals surface area contributed by atoms with Gasteiger partial charge in [-0.1, -0.05) is 63.5 Å². The van der Waals surface area contributed by atoms with Gasteiger partial charge in [-0.3, -0.25) is 4.98 Å². The van der Waals surface area contributed by atoms with Crippen LogP contribution >= 0.6 is 0 Å². The Hall–Kier alpha value is -2.68. The van der Waals surface area contributed by atoms with Crippen LogP contribution in [-0.2, 0) is 6.37 Å². The minimum absolute atomic E-state index is 0.0492. The van der Waals surface area contributed by atoms with Crippen molar-refractivity contribution in [3.05, 3.63) is 59.9 Å². The van der Waals surface area contributed by atoms with Crippen molar-refractivity contribution in [3.63, 3.8) is 0 Å². The molecular formula is C29H32N2O. The number of hydrogen-bond acceptors (Lipinski definition) is 3. The van der Waals surface area contributed by atoms with Gasteiger partial charge in [0.1, 0.15) is 5.58 Å². The van der Waals surface area contributed by atoms with E-state index in [0.717, 1.165) is 84.7 Å². The Morgan fingerprint density at radius 1 is 0.906 bits per heavy atom. The normalized spacial score (nSPS) is 21.3. The molecular weight excluding hydrogens is 392 g/mol. The van der Waals surface area contributed by atoms with Crippen molar-refractivity contribution in [3.8, 4) is 11.3 Å². The van der Waals surface area contributed by atoms with Crippen molar-refractivity contribution >= 4 is 22.1 Å². The van der Waals surface area contributed by atoms with Gasteiger partial charge in [0, 0.05) is 38.2 Å². The lowest BCUT2D eigenvalue weighted by atomic mass is 9.85. The first-order chi connectivity index (χ1) is 17.0. The molecule has 2 saturated carbocycles. The van der Waals surface area contributed by atoms with E-state index >= 15 is 0 Å². The SMILES string of the molecule is [2H]C1(c2ccc3c(n2)oc2c(-c4cc(C([2H])([2H])C5CCCCC5)ccn4)cccc23)CCCCC1. The summed E-state index contributed by atoms with van der Waals surface area (Å²) in [6, 6.07) is 13.8. The highest BCUT2D eigenvalue weighted by atomic mass is 16.3. The second-order valence-corrected chi connectivity index (χ2v) is 9.41. The molecule has 2 fully saturated rings. The van der Waals surface area contributed by atoms with Crippen LogP contribution in [0.3, 0.4) is 0 Å². The first kappa shape index (κ1) is 16.9. The van der Waals surface area contributed by atoms with E-state index in [2.05, 4.69) is 4.98 Å². The lowest BCUT2D eigenvalue weighted by molar-refractivity contribution is 0.356. The lowest BCUT2D eigenvalue weighted by Crippen LogP contribution is -2.09. The van der Waals surface area contributed by atoms with Gasteiger partial charge in [-0.15, -0.1) is 0 Å². The van der Waals surface area contributed by atoms with Crippen molar-refractivity contribution in [2.45, 2.75) is 76.5 Å². The third kappa shape index (κ3) is 3.83. The zero-order chi connectivity index (χ0) is 24.0. The van der Waals surface area contributed by atoms with Crippen LogP contribution in [-0.4, -0.2) is 9.97 Å². The molecule has 0 bridgehead atoms. The van der Waals surface area contributed by atoms with Gasteiger partial charge in [0.05, 0.1) is 5.69 Å². The van der Waals surface area contributed by atoms with Crippen LogP contribution in [0.2, 0.25) is 0 Å². The fourth-order valence-corrected chi connectivity index (χ4v) is 5.46. The van der Waals surface area contributed by atoms with Gasteiger partial charge in [-0.2, -0.15) is 0 Å². The first-order valence-electron chi connectivity index (χ1n) is 13.8. The zero-order valence-corrected chi connectivity index (χ0v) is 18.6. The molecule has 2 aliphatic rings. The van der Waals surface area contributed by atoms with Crippen LogP contribution in [0.5, 0.6) is 0 Å². The number of hydrogen-bond donors (Lipinski definition) is 0. The molecule has 3 aromatic heterocycles. The van der Waals surface area contributed by atoms with Crippen LogP contribution in [0.15, 0.2) is 53.1 Å². The van der Waals surface area contributed by atoms with Crippen LogP contribution in [0.1, 0.15) is 85.5 Å². The van der Waals surface area contributed by atoms with E-state index < -0.39 is 12.3 Å². The van der Waals surface area contributed by atoms with E-state index in [-0.39, 0.29) is 5.92 Å². The van der Waals surface area contributed by atoms with E-state index in [1.165, 1.54) is 12.8 Å². The Bertz CT molecular complexity index is 1370. The standard InChI is InChI=1S/C29H32N2O/c1-3-8-20(9-4-1)18-21-16-17-30-27(19-21)25-13-7-12-23-24-14-15-26(22-10-5-2-6-11-22)31-29(24)32-28(23)25/h7,12-17,19-20,22H,1-6,8-11,18H2/i18D2,22D. The van der Waals surface area contributed by atoms with Crippen molar-refractivity contribution in [1.82, 2.24) is 9.97 Å². The summed E-state index contributed by atoms with van der Waals surface area (Å²) in [7, 11) is 0. The lowest BCUT2D eigenvalue weighted by Gasteiger charge is -2.21. The van der Waals surface area contributed by atoms with Gasteiger partial charge in [-0.25, -0.2) is 4.98 Å². The maximum Gasteiger partial charge on any atom is 0.227 e. The van der Waals surface area contributed by atoms with Crippen molar-refractivity contribution in [2.24, 2.45) is 5.92 Å². The fourth-order valence-electron chi connectivity index (χ4n) is 5.46. The minimum atomic E-state index is -1.38. The Morgan fingerprint density at radius 3 is 2.56 bits per heavy atom. The predicted molar refractivity (Wildman–Crippen MR) is 131 cm³/mol. The summed E-state index contributed by atoms with van der Waals surface area (Å²) in [6.45, 7) is 0. The number of rotatable bonds is 4. The largest absolute Gasteiger partial charge is 0.437 e. The molecule has 3 heterocycles. The van der Waals surface area contributed by atoms with Crippen LogP contribution < -0.4 is 0 Å². The van der Waals surface area contributed by atoms with E-state index in [9.17, 15) is 0 Å². The Labute approximate surface area is 194 Å². The molecule has 164 valence electrons. The summed E-state index contributed by atoms with van der Waals surface area (Å²) in [5, 5.41) is 1.92. The highest BCUT2D eigenvalue weighted by molar-refractivity contribution is 6.08. The van der Waals surface area contributed by atoms with E-state index in [1.807, 2.05) is 42.5 Å². The van der Waals surface area contributed by atoms with Crippen molar-refractivity contribution < 1.29 is 8.53 Å². The minimum Gasteiger partial charge on any atom is -0.437 e. The highest BCUT2D eigenvalue weighted by Gasteiger charge is 2.20. The fraction of sp³-hybridized carbons (Fsp3) is 0.448. The van der Waals surface area contributed by atoms with E-state index in [0.29, 0.717) is 11.3 Å². The average molecular weight is 428 g/mol. The molecule has 4 aromatic rings. The number of benzene rings is 1. The second-order valence-electron chi connectivity index (χ2n) is 9.41. The quantitative estimate of drug-likeness (QED) is 0.329. The number of furan rings is 1. The number of nitrogens with zero attached hydrogens (tertiary/aromatic N) is 2. The molecule has 0 aliphatic heterocycles. The van der Waals surface area contributed by atoms with Gasteiger partial charge >= 0.3 is 0 Å². The van der Waals surface area contributed by atoms with Gasteiger partial charge in [-0.05, 0) is 61.0 Å². The van der Waals surface area contributed by atoms with E-state index in [4.69, 9.17) is 13.5 Å². The molecule has 32 heavy (non-hydrogen) atoms. The monoisotopic (exact) mass is 427 g/mol. The number of fused-ring (bicyclic) bond motifs is 3. The first-order valence-corrected chi connectivity index (χ1v) is 12.3. The third-order valence-corrected chi connectivity index (χ3v) is 7.20. The second kappa shape index (κ2) is 8.69. The third-order valence-electron chi connectivity index (χ3n) is 7.20. The summed E-state index contributed by atoms with van der Waals surface area (Å²) in [4.78, 5) is 9.44. The highest BCUT2D eigenvalue weighted by Crippen LogP contribution is 2.37. The number of pyridine rings is 2. The smallest absolute Gasteiger partial charge is 0.227 e. The molecule has 0 amide bonds. The molecule has 0 saturated heterocycles. The average Bonchev–Trinajstić information content (AvgIpc) is 3.28. The summed E-state index contributed by atoms with van der Waals surface area (Å²) in [6.07, 6.45) is 10.7. The topological polar surface area (TPSA) is 38.9 Å². The molecule has 0 radical (unpaired) electrons. The Morgan fingerprint density at radius 2 is 1.72 bits per heavy atom. The van der Waals surface area contributed by atoms with Gasteiger partial charge < -0.3 is 4.42 Å². The zero-order valence-electron chi connectivity index (χ0n) is 21.6. The van der Waals surface area contributed by atoms with Crippen LogP contribution in [0, 0.1) is 5.92 Å². The molecule has 3 nitrogen and oxygen atoms in total. The molecule has 6 rings (SSSR count). The summed E-state index contributed by atoms with van der Waals surface area (Å²) in [5.41, 5.74) is 4.34. The van der Waals surface area contributed by atoms with Crippen LogP contribution in [0.25, 0.3) is 33.3 Å². The molecule has 2 aliphatic carbocycles. The van der Waals surface area contributed by atoms with Crippen molar-refractivity contribution in [1.29, 1.82) is 0 Å². The molecule has 0 spiro atoms. The Balaban J connectivity index is 1.42. The number of para-hydroxylation sites is 1. The molecule has 0 unspecified atom stereocenters. The summed E-state index contributed by atoms with van der Waals surface area (Å²) >= 11 is 0. The summed E-state index contributed by atoms with van der Waals surface area (Å²) < 4.78 is 33.1. The molecule has 0 atom stereocenters. The summed E-state index contributed by atoms with van der Waals surface area (Å²) in [5.74, 6) is -0.581. The maximum absolute atomic E-state index is 8.96. The predicted octanol–water partition coefficient (Wildman–Crippen LogP) is 8.21. The molecule has 3 heteroatoms. The van der Waals surface area contributed by atoms with Crippen LogP contribution in [0.4, 0.5) is 0 Å². The molecule has 1 aromatic carbocycles. The van der Waals surface area contributed by atoms with E-state index in [1.54, 1.807) is 6.20 Å². The number of aromatic nitrogens is 2. The van der Waals surface area contributed by atoms with Gasteiger partial charge in [0.2, 0.25) is 5.71 Å². The molecule has 0 N–H and O–H groups in total. The van der Waals surface area contributed by atoms with Gasteiger partial charge in [0.25, 0.3) is 0 Å².